The third kappa shape index (κ3) is 4.22. The number of dihydropyridines is 1. The van der Waals surface area contributed by atoms with Crippen molar-refractivity contribution in [2.75, 3.05) is 0 Å². The average molecular weight is 406 g/mol. The van der Waals surface area contributed by atoms with Gasteiger partial charge in [-0.2, -0.15) is 13.2 Å². The normalized spacial score (nSPS) is 17.5. The van der Waals surface area contributed by atoms with E-state index in [0.717, 1.165) is 16.8 Å². The van der Waals surface area contributed by atoms with Crippen LogP contribution < -0.4 is 5.32 Å². The van der Waals surface area contributed by atoms with Crippen molar-refractivity contribution in [2.24, 2.45) is 0 Å². The summed E-state index contributed by atoms with van der Waals surface area (Å²) in [6, 6.07) is 15.0. The molecule has 1 heterocycles. The molecule has 3 rings (SSSR count). The van der Waals surface area contributed by atoms with Crippen LogP contribution in [0, 0.1) is 10.1 Å². The van der Waals surface area contributed by atoms with Crippen LogP contribution in [0.5, 0.6) is 0 Å². The number of rotatable bonds is 4. The molecule has 8 heteroatoms. The van der Waals surface area contributed by atoms with Gasteiger partial charge in [-0.1, -0.05) is 42.5 Å². The van der Waals surface area contributed by atoms with E-state index in [1.807, 2.05) is 37.3 Å². The maximum atomic E-state index is 12.6. The minimum atomic E-state index is -4.38. The molecule has 0 amide bonds. The van der Waals surface area contributed by atoms with Crippen LogP contribution in [0.3, 0.4) is 0 Å². The Morgan fingerprint density at radius 2 is 1.61 bits per heavy atom. The van der Waals surface area contributed by atoms with E-state index in [9.17, 15) is 23.3 Å². The number of benzene rings is 2. The van der Waals surface area contributed by atoms with Gasteiger partial charge >= 0.3 is 5.51 Å². The standard InChI is InChI=1S/C20H17F3N2O2S/c1-12-17(14-6-4-3-5-7-14)18(19(25(26)27)13(2)24-12)15-8-10-16(11-9-15)28-20(21,22)23/h3-11,18,24H,1-2H3. The third-order valence-corrected chi connectivity index (χ3v) is 5.19. The SMILES string of the molecule is CC1=C(c2ccccc2)C(c2ccc(SC(F)(F)F)cc2)C([N+](=O)[O-])=C(C)N1. The van der Waals surface area contributed by atoms with Gasteiger partial charge in [0, 0.05) is 10.6 Å². The molecule has 0 bridgehead atoms. The molecule has 0 saturated heterocycles. The largest absolute Gasteiger partial charge is 0.446 e. The number of alkyl halides is 3. The lowest BCUT2D eigenvalue weighted by molar-refractivity contribution is -0.430. The van der Waals surface area contributed by atoms with E-state index in [2.05, 4.69) is 5.32 Å². The second-order valence-corrected chi connectivity index (χ2v) is 7.49. The fourth-order valence-electron chi connectivity index (χ4n) is 3.41. The van der Waals surface area contributed by atoms with Crippen LogP contribution in [-0.4, -0.2) is 10.4 Å². The third-order valence-electron chi connectivity index (χ3n) is 4.45. The molecule has 0 saturated carbocycles. The lowest BCUT2D eigenvalue weighted by Crippen LogP contribution is -2.27. The number of hydrogen-bond acceptors (Lipinski definition) is 4. The molecule has 2 aromatic rings. The van der Waals surface area contributed by atoms with Crippen molar-refractivity contribution in [3.63, 3.8) is 0 Å². The lowest BCUT2D eigenvalue weighted by Gasteiger charge is -2.28. The number of hydrogen-bond donors (Lipinski definition) is 1. The fourth-order valence-corrected chi connectivity index (χ4v) is 3.95. The predicted molar refractivity (Wildman–Crippen MR) is 103 cm³/mol. The highest BCUT2D eigenvalue weighted by Crippen LogP contribution is 2.44. The van der Waals surface area contributed by atoms with Gasteiger partial charge < -0.3 is 5.32 Å². The van der Waals surface area contributed by atoms with Gasteiger partial charge in [0.05, 0.1) is 10.6 Å². The van der Waals surface area contributed by atoms with E-state index < -0.39 is 16.3 Å². The molecule has 4 nitrogen and oxygen atoms in total. The zero-order chi connectivity index (χ0) is 20.5. The predicted octanol–water partition coefficient (Wildman–Crippen LogP) is 5.92. The van der Waals surface area contributed by atoms with Crippen molar-refractivity contribution < 1.29 is 18.1 Å². The smallest absolute Gasteiger partial charge is 0.357 e. The van der Waals surface area contributed by atoms with Gasteiger partial charge in [-0.15, -0.1) is 0 Å². The maximum absolute atomic E-state index is 12.6. The highest BCUT2D eigenvalue weighted by atomic mass is 32.2. The Labute approximate surface area is 164 Å². The Kier molecular flexibility index (Phi) is 5.51. The summed E-state index contributed by atoms with van der Waals surface area (Å²) in [7, 11) is 0. The Balaban J connectivity index is 2.11. The summed E-state index contributed by atoms with van der Waals surface area (Å²) in [5.41, 5.74) is -1.09. The highest BCUT2D eigenvalue weighted by Gasteiger charge is 2.37. The Hall–Kier alpha value is -2.74. The molecule has 28 heavy (non-hydrogen) atoms. The highest BCUT2D eigenvalue weighted by molar-refractivity contribution is 8.00. The zero-order valence-corrected chi connectivity index (χ0v) is 15.9. The molecule has 1 atom stereocenters. The summed E-state index contributed by atoms with van der Waals surface area (Å²) in [6.45, 7) is 3.47. The molecule has 1 aliphatic rings. The van der Waals surface area contributed by atoms with Crippen molar-refractivity contribution in [1.29, 1.82) is 0 Å². The van der Waals surface area contributed by atoms with Crippen molar-refractivity contribution in [2.45, 2.75) is 30.2 Å². The Bertz CT molecular complexity index is 952. The van der Waals surface area contributed by atoms with Crippen LogP contribution in [-0.2, 0) is 0 Å². The molecule has 0 radical (unpaired) electrons. The van der Waals surface area contributed by atoms with Crippen molar-refractivity contribution in [3.8, 4) is 0 Å². The van der Waals surface area contributed by atoms with Gasteiger partial charge in [0.15, 0.2) is 0 Å². The van der Waals surface area contributed by atoms with Crippen LogP contribution in [0.15, 0.2) is 76.6 Å². The van der Waals surface area contributed by atoms with Crippen molar-refractivity contribution >= 4 is 17.3 Å². The van der Waals surface area contributed by atoms with E-state index >= 15 is 0 Å². The van der Waals surface area contributed by atoms with E-state index in [1.54, 1.807) is 6.92 Å². The summed E-state index contributed by atoms with van der Waals surface area (Å²) >= 11 is -0.209. The van der Waals surface area contributed by atoms with E-state index in [4.69, 9.17) is 0 Å². The number of thioether (sulfide) groups is 1. The van der Waals surface area contributed by atoms with Gasteiger partial charge in [-0.05, 0) is 54.4 Å². The molecule has 2 aromatic carbocycles. The second-order valence-electron chi connectivity index (χ2n) is 6.35. The number of nitro groups is 1. The Morgan fingerprint density at radius 3 is 2.14 bits per heavy atom. The van der Waals surface area contributed by atoms with Gasteiger partial charge in [-0.25, -0.2) is 0 Å². The molecular formula is C20H17F3N2O2S. The van der Waals surface area contributed by atoms with Gasteiger partial charge in [0.1, 0.15) is 5.92 Å². The minimum absolute atomic E-state index is 0.0133. The quantitative estimate of drug-likeness (QED) is 0.389. The summed E-state index contributed by atoms with van der Waals surface area (Å²) in [4.78, 5) is 11.4. The minimum Gasteiger partial charge on any atom is -0.357 e. The molecule has 0 aromatic heterocycles. The van der Waals surface area contributed by atoms with E-state index in [0.29, 0.717) is 11.3 Å². The van der Waals surface area contributed by atoms with Crippen LogP contribution in [0.4, 0.5) is 13.2 Å². The first-order chi connectivity index (χ1) is 13.2. The van der Waals surface area contributed by atoms with Gasteiger partial charge in [0.2, 0.25) is 0 Å². The number of nitrogens with zero attached hydrogens (tertiary/aromatic N) is 1. The lowest BCUT2D eigenvalue weighted by atomic mass is 9.81. The van der Waals surface area contributed by atoms with Crippen LogP contribution in [0.2, 0.25) is 0 Å². The van der Waals surface area contributed by atoms with E-state index in [-0.39, 0.29) is 22.4 Å². The average Bonchev–Trinajstić information content (AvgIpc) is 2.61. The molecule has 1 unspecified atom stereocenters. The summed E-state index contributed by atoms with van der Waals surface area (Å²) < 4.78 is 37.8. The van der Waals surface area contributed by atoms with Crippen LogP contribution >= 0.6 is 11.8 Å². The first kappa shape index (κ1) is 20.0. The van der Waals surface area contributed by atoms with Crippen molar-refractivity contribution in [3.05, 3.63) is 92.9 Å². The Morgan fingerprint density at radius 1 is 1.00 bits per heavy atom. The first-order valence-corrected chi connectivity index (χ1v) is 9.23. The van der Waals surface area contributed by atoms with Crippen LogP contribution in [0.1, 0.15) is 30.9 Å². The number of allylic oxidation sites excluding steroid dienone is 3. The zero-order valence-electron chi connectivity index (χ0n) is 15.1. The van der Waals surface area contributed by atoms with E-state index in [1.165, 1.54) is 24.3 Å². The maximum Gasteiger partial charge on any atom is 0.446 e. The van der Waals surface area contributed by atoms with Crippen molar-refractivity contribution in [1.82, 2.24) is 5.32 Å². The molecule has 0 spiro atoms. The fraction of sp³-hybridized carbons (Fsp3) is 0.200. The van der Waals surface area contributed by atoms with Gasteiger partial charge in [0.25, 0.3) is 5.70 Å². The second kappa shape index (κ2) is 7.71. The number of nitrogens with one attached hydrogen (secondary N) is 1. The summed E-state index contributed by atoms with van der Waals surface area (Å²) in [5, 5.41) is 14.9. The molecule has 0 fully saturated rings. The van der Waals surface area contributed by atoms with Crippen LogP contribution in [0.25, 0.3) is 5.57 Å². The molecule has 1 N–H and O–H groups in total. The molecule has 146 valence electrons. The summed E-state index contributed by atoms with van der Waals surface area (Å²) in [6.07, 6.45) is 0. The topological polar surface area (TPSA) is 55.2 Å². The monoisotopic (exact) mass is 406 g/mol. The summed E-state index contributed by atoms with van der Waals surface area (Å²) in [5.74, 6) is -0.691. The number of halogens is 3. The molecular weight excluding hydrogens is 389 g/mol. The molecule has 0 aliphatic carbocycles. The first-order valence-electron chi connectivity index (χ1n) is 8.41. The molecule has 1 aliphatic heterocycles. The van der Waals surface area contributed by atoms with Gasteiger partial charge in [-0.3, -0.25) is 10.1 Å².